The maximum atomic E-state index is 6.09. The molecule has 7 heteroatoms. The average molecular weight is 373 g/mol. The molecule has 1 aliphatic heterocycles. The summed E-state index contributed by atoms with van der Waals surface area (Å²) >= 11 is 6.09. The van der Waals surface area contributed by atoms with Crippen molar-refractivity contribution in [2.24, 2.45) is 0 Å². The predicted octanol–water partition coefficient (Wildman–Crippen LogP) is 4.43. The van der Waals surface area contributed by atoms with Crippen LogP contribution in [0, 0.1) is 0 Å². The van der Waals surface area contributed by atoms with Gasteiger partial charge < -0.3 is 24.7 Å². The van der Waals surface area contributed by atoms with Gasteiger partial charge in [-0.25, -0.2) is 0 Å². The molecule has 2 heterocycles. The van der Waals surface area contributed by atoms with Gasteiger partial charge in [-0.2, -0.15) is 0 Å². The van der Waals surface area contributed by atoms with Crippen LogP contribution in [0.5, 0.6) is 28.7 Å². The van der Waals surface area contributed by atoms with Crippen molar-refractivity contribution in [1.82, 2.24) is 4.98 Å². The van der Waals surface area contributed by atoms with E-state index in [0.29, 0.717) is 64.8 Å². The molecular formula is C19H17ClN2O4. The number of rotatable bonds is 4. The van der Waals surface area contributed by atoms with Gasteiger partial charge in [0.15, 0.2) is 11.5 Å². The monoisotopic (exact) mass is 372 g/mol. The van der Waals surface area contributed by atoms with Crippen LogP contribution in [-0.4, -0.2) is 24.8 Å². The number of pyridine rings is 1. The Morgan fingerprint density at radius 3 is 2.69 bits per heavy atom. The van der Waals surface area contributed by atoms with Gasteiger partial charge in [-0.15, -0.1) is 0 Å². The Bertz CT molecular complexity index is 977. The molecule has 4 rings (SSSR count). The van der Waals surface area contributed by atoms with Crippen molar-refractivity contribution in [3.05, 3.63) is 41.6 Å². The van der Waals surface area contributed by atoms with Crippen molar-refractivity contribution in [2.45, 2.75) is 6.92 Å². The lowest BCUT2D eigenvalue weighted by Crippen LogP contribution is -2.16. The zero-order valence-corrected chi connectivity index (χ0v) is 14.9. The van der Waals surface area contributed by atoms with Crippen molar-refractivity contribution in [3.8, 4) is 28.7 Å². The second kappa shape index (κ2) is 6.80. The molecule has 0 bridgehead atoms. The van der Waals surface area contributed by atoms with Crippen LogP contribution in [0.25, 0.3) is 10.9 Å². The van der Waals surface area contributed by atoms with E-state index in [-0.39, 0.29) is 0 Å². The summed E-state index contributed by atoms with van der Waals surface area (Å²) in [7, 11) is 0. The molecule has 0 unspecified atom stereocenters. The fourth-order valence-electron chi connectivity index (χ4n) is 2.82. The molecule has 6 nitrogen and oxygen atoms in total. The molecule has 0 fully saturated rings. The minimum atomic E-state index is 0.432. The zero-order chi connectivity index (χ0) is 18.1. The van der Waals surface area contributed by atoms with Crippen molar-refractivity contribution >= 4 is 28.2 Å². The van der Waals surface area contributed by atoms with Crippen LogP contribution in [0.3, 0.4) is 0 Å². The third-order valence-corrected chi connectivity index (χ3v) is 4.27. The molecule has 0 aliphatic carbocycles. The lowest BCUT2D eigenvalue weighted by Gasteiger charge is -2.23. The number of nitrogen functional groups attached to an aromatic ring is 1. The van der Waals surface area contributed by atoms with Gasteiger partial charge in [0.1, 0.15) is 24.7 Å². The van der Waals surface area contributed by atoms with E-state index in [1.54, 1.807) is 30.5 Å². The number of halogens is 1. The summed E-state index contributed by atoms with van der Waals surface area (Å²) in [5, 5.41) is 1.15. The zero-order valence-electron chi connectivity index (χ0n) is 14.1. The van der Waals surface area contributed by atoms with Gasteiger partial charge in [0.05, 0.1) is 28.2 Å². The van der Waals surface area contributed by atoms with E-state index < -0.39 is 0 Å². The Balaban J connectivity index is 1.86. The third kappa shape index (κ3) is 2.93. The maximum Gasteiger partial charge on any atom is 0.204 e. The summed E-state index contributed by atoms with van der Waals surface area (Å²) in [5.74, 6) is 2.90. The first-order chi connectivity index (χ1) is 12.7. The van der Waals surface area contributed by atoms with Gasteiger partial charge in [-0.05, 0) is 25.1 Å². The predicted molar refractivity (Wildman–Crippen MR) is 99.8 cm³/mol. The maximum absolute atomic E-state index is 6.09. The van der Waals surface area contributed by atoms with Crippen LogP contribution in [0.4, 0.5) is 5.69 Å². The molecule has 2 N–H and O–H groups in total. The lowest BCUT2D eigenvalue weighted by molar-refractivity contribution is 0.165. The Labute approximate surface area is 155 Å². The van der Waals surface area contributed by atoms with E-state index in [4.69, 9.17) is 36.3 Å². The number of fused-ring (bicyclic) bond motifs is 3. The number of benzene rings is 2. The highest BCUT2D eigenvalue weighted by Gasteiger charge is 2.24. The molecule has 1 aromatic heterocycles. The number of hydrogen-bond acceptors (Lipinski definition) is 6. The Hall–Kier alpha value is -2.86. The topological polar surface area (TPSA) is 75.8 Å². The normalized spacial score (nSPS) is 12.8. The Morgan fingerprint density at radius 1 is 1.12 bits per heavy atom. The molecule has 2 aromatic carbocycles. The van der Waals surface area contributed by atoms with Gasteiger partial charge in [-0.3, -0.25) is 4.98 Å². The van der Waals surface area contributed by atoms with Crippen LogP contribution in [0.15, 0.2) is 36.5 Å². The van der Waals surface area contributed by atoms with Crippen LogP contribution < -0.4 is 24.7 Å². The third-order valence-electron chi connectivity index (χ3n) is 3.94. The molecule has 0 amide bonds. The van der Waals surface area contributed by atoms with Gasteiger partial charge in [0.25, 0.3) is 0 Å². The first-order valence-electron chi connectivity index (χ1n) is 8.24. The number of nitrogens with zero attached hydrogens (tertiary/aromatic N) is 1. The van der Waals surface area contributed by atoms with E-state index in [9.17, 15) is 0 Å². The second-order valence-electron chi connectivity index (χ2n) is 5.65. The summed E-state index contributed by atoms with van der Waals surface area (Å²) < 4.78 is 23.4. The van der Waals surface area contributed by atoms with Crippen LogP contribution >= 0.6 is 11.6 Å². The molecule has 1 aliphatic rings. The number of anilines is 1. The first kappa shape index (κ1) is 16.6. The summed E-state index contributed by atoms with van der Waals surface area (Å²) in [6.45, 7) is 3.34. The molecule has 0 saturated heterocycles. The van der Waals surface area contributed by atoms with Gasteiger partial charge in [-0.1, -0.05) is 11.6 Å². The number of ether oxygens (including phenoxy) is 4. The van der Waals surface area contributed by atoms with Crippen molar-refractivity contribution in [3.63, 3.8) is 0 Å². The molecule has 134 valence electrons. The fraction of sp³-hybridized carbons (Fsp3) is 0.211. The fourth-order valence-corrected chi connectivity index (χ4v) is 2.99. The standard InChI is InChI=1S/C19H17ClN2O4/c1-2-23-16-10-14-17(19-18(16)24-7-8-25-19)15(5-6-22-14)26-11-3-4-13(21)12(20)9-11/h3-6,9-10H,2,7-8,21H2,1H3. The highest BCUT2D eigenvalue weighted by molar-refractivity contribution is 6.33. The largest absolute Gasteiger partial charge is 0.490 e. The van der Waals surface area contributed by atoms with Crippen LogP contribution in [-0.2, 0) is 0 Å². The average Bonchev–Trinajstić information content (AvgIpc) is 2.65. The summed E-state index contributed by atoms with van der Waals surface area (Å²) in [4.78, 5) is 4.42. The quantitative estimate of drug-likeness (QED) is 0.682. The highest BCUT2D eigenvalue weighted by atomic mass is 35.5. The molecule has 3 aromatic rings. The van der Waals surface area contributed by atoms with E-state index in [1.807, 2.05) is 13.0 Å². The van der Waals surface area contributed by atoms with Gasteiger partial charge >= 0.3 is 0 Å². The van der Waals surface area contributed by atoms with Crippen LogP contribution in [0.2, 0.25) is 5.02 Å². The van der Waals surface area contributed by atoms with Crippen LogP contribution in [0.1, 0.15) is 6.92 Å². The van der Waals surface area contributed by atoms with E-state index in [0.717, 1.165) is 5.39 Å². The van der Waals surface area contributed by atoms with Gasteiger partial charge in [0, 0.05) is 18.3 Å². The SMILES string of the molecule is CCOc1cc2nccc(Oc3ccc(N)c(Cl)c3)c2c2c1OCCO2. The molecular weight excluding hydrogens is 356 g/mol. The number of aromatic nitrogens is 1. The minimum Gasteiger partial charge on any atom is -0.490 e. The van der Waals surface area contributed by atoms with E-state index >= 15 is 0 Å². The molecule has 0 radical (unpaired) electrons. The Morgan fingerprint density at radius 2 is 1.92 bits per heavy atom. The number of hydrogen-bond donors (Lipinski definition) is 1. The summed E-state index contributed by atoms with van der Waals surface area (Å²) in [6, 6.07) is 8.72. The van der Waals surface area contributed by atoms with E-state index in [1.165, 1.54) is 0 Å². The minimum absolute atomic E-state index is 0.432. The van der Waals surface area contributed by atoms with Crippen molar-refractivity contribution in [2.75, 3.05) is 25.6 Å². The smallest absolute Gasteiger partial charge is 0.204 e. The summed E-state index contributed by atoms with van der Waals surface area (Å²) in [6.07, 6.45) is 1.67. The molecule has 0 spiro atoms. The van der Waals surface area contributed by atoms with Gasteiger partial charge in [0.2, 0.25) is 5.75 Å². The second-order valence-corrected chi connectivity index (χ2v) is 6.06. The molecule has 0 atom stereocenters. The summed E-state index contributed by atoms with van der Waals surface area (Å²) in [5.41, 5.74) is 6.95. The first-order valence-corrected chi connectivity index (χ1v) is 8.62. The van der Waals surface area contributed by atoms with Crippen molar-refractivity contribution in [1.29, 1.82) is 0 Å². The number of nitrogens with two attached hydrogens (primary N) is 1. The highest BCUT2D eigenvalue weighted by Crippen LogP contribution is 2.48. The molecule has 0 saturated carbocycles. The lowest BCUT2D eigenvalue weighted by atomic mass is 10.1. The Kier molecular flexibility index (Phi) is 4.34. The van der Waals surface area contributed by atoms with Crippen molar-refractivity contribution < 1.29 is 18.9 Å². The van der Waals surface area contributed by atoms with E-state index in [2.05, 4.69) is 4.98 Å². The molecule has 26 heavy (non-hydrogen) atoms.